The van der Waals surface area contributed by atoms with Gasteiger partial charge in [0.2, 0.25) is 0 Å². The standard InChI is InChI=1S/C13H20F2N2O2/c1-11(2,3)19-10(18)12-6-13(14,15)9-5-7(16)4-8(12)17(9)12/h7-9H,4-6,16H2,1-3H3/t7-,8?,9?,12?,17?/m1/s1. The predicted octanol–water partition coefficient (Wildman–Crippen LogP) is 1.28. The summed E-state index contributed by atoms with van der Waals surface area (Å²) in [6.07, 6.45) is 0.441. The van der Waals surface area contributed by atoms with Gasteiger partial charge >= 0.3 is 5.97 Å². The minimum atomic E-state index is -2.84. The first-order valence-electron chi connectivity index (χ1n) is 6.73. The number of rotatable bonds is 1. The van der Waals surface area contributed by atoms with Crippen molar-refractivity contribution in [3.63, 3.8) is 0 Å². The zero-order valence-corrected chi connectivity index (χ0v) is 11.5. The van der Waals surface area contributed by atoms with Crippen LogP contribution in [0.15, 0.2) is 0 Å². The second kappa shape index (κ2) is 3.47. The van der Waals surface area contributed by atoms with E-state index in [1.54, 1.807) is 25.7 Å². The zero-order chi connectivity index (χ0) is 14.2. The van der Waals surface area contributed by atoms with Crippen LogP contribution in [0.25, 0.3) is 0 Å². The normalized spacial score (nSPS) is 46.6. The smallest absolute Gasteiger partial charge is 0.328 e. The van der Waals surface area contributed by atoms with E-state index in [0.29, 0.717) is 6.42 Å². The van der Waals surface area contributed by atoms with Gasteiger partial charge in [-0.3, -0.25) is 4.90 Å². The quantitative estimate of drug-likeness (QED) is 0.578. The summed E-state index contributed by atoms with van der Waals surface area (Å²) in [6.45, 7) is 5.25. The maximum atomic E-state index is 14.0. The van der Waals surface area contributed by atoms with Gasteiger partial charge in [0.15, 0.2) is 0 Å². The Hall–Kier alpha value is -0.750. The van der Waals surface area contributed by atoms with E-state index in [-0.39, 0.29) is 18.5 Å². The van der Waals surface area contributed by atoms with Gasteiger partial charge in [-0.2, -0.15) is 0 Å². The first-order valence-corrected chi connectivity index (χ1v) is 6.73. The monoisotopic (exact) mass is 274 g/mol. The molecule has 4 unspecified atom stereocenters. The number of halogens is 2. The molecule has 3 fully saturated rings. The molecule has 3 aliphatic heterocycles. The fourth-order valence-corrected chi connectivity index (χ4v) is 3.75. The highest BCUT2D eigenvalue weighted by Gasteiger charge is 2.82. The van der Waals surface area contributed by atoms with E-state index in [1.165, 1.54) is 0 Å². The van der Waals surface area contributed by atoms with Gasteiger partial charge in [0.05, 0.1) is 6.04 Å². The van der Waals surface area contributed by atoms with Crippen molar-refractivity contribution in [2.24, 2.45) is 5.73 Å². The topological polar surface area (TPSA) is 55.3 Å². The highest BCUT2D eigenvalue weighted by Crippen LogP contribution is 2.64. The summed E-state index contributed by atoms with van der Waals surface area (Å²) in [6, 6.07) is -1.30. The summed E-state index contributed by atoms with van der Waals surface area (Å²) in [5, 5.41) is 0. The molecule has 5 atom stereocenters. The molecule has 6 heteroatoms. The lowest BCUT2D eigenvalue weighted by Crippen LogP contribution is -2.47. The Labute approximate surface area is 111 Å². The van der Waals surface area contributed by atoms with E-state index in [0.717, 1.165) is 0 Å². The van der Waals surface area contributed by atoms with E-state index >= 15 is 0 Å². The third-order valence-electron chi connectivity index (χ3n) is 4.41. The summed E-state index contributed by atoms with van der Waals surface area (Å²) >= 11 is 0. The molecule has 2 N–H and O–H groups in total. The summed E-state index contributed by atoms with van der Waals surface area (Å²) < 4.78 is 33.4. The highest BCUT2D eigenvalue weighted by atomic mass is 19.3. The van der Waals surface area contributed by atoms with Crippen LogP contribution in [-0.2, 0) is 9.53 Å². The molecule has 108 valence electrons. The van der Waals surface area contributed by atoms with Crippen LogP contribution in [-0.4, -0.2) is 46.1 Å². The summed E-state index contributed by atoms with van der Waals surface area (Å²) in [5.41, 5.74) is 4.06. The molecular formula is C13H20F2N2O2. The number of nitrogens with zero attached hydrogens (tertiary/aromatic N) is 1. The van der Waals surface area contributed by atoms with Gasteiger partial charge in [-0.25, -0.2) is 13.6 Å². The molecule has 3 rings (SSSR count). The van der Waals surface area contributed by atoms with Crippen molar-refractivity contribution in [3.05, 3.63) is 0 Å². The Morgan fingerprint density at radius 3 is 2.47 bits per heavy atom. The van der Waals surface area contributed by atoms with Crippen LogP contribution in [0.2, 0.25) is 0 Å². The van der Waals surface area contributed by atoms with E-state index < -0.39 is 35.5 Å². The minimum Gasteiger partial charge on any atom is -0.459 e. The third kappa shape index (κ3) is 1.72. The molecule has 0 bridgehead atoms. The lowest BCUT2D eigenvalue weighted by atomic mass is 9.85. The number of piperidine rings is 2. The molecule has 3 saturated heterocycles. The van der Waals surface area contributed by atoms with Crippen LogP contribution in [0, 0.1) is 0 Å². The van der Waals surface area contributed by atoms with Crippen molar-refractivity contribution >= 4 is 5.97 Å². The maximum absolute atomic E-state index is 14.0. The summed E-state index contributed by atoms with van der Waals surface area (Å²) in [4.78, 5) is 14.0. The first-order chi connectivity index (χ1) is 8.58. The Morgan fingerprint density at radius 1 is 1.32 bits per heavy atom. The van der Waals surface area contributed by atoms with Crippen molar-refractivity contribution in [3.8, 4) is 0 Å². The molecule has 3 aliphatic rings. The Morgan fingerprint density at radius 2 is 1.89 bits per heavy atom. The Bertz CT molecular complexity index is 435. The number of hydrogen-bond donors (Lipinski definition) is 1. The molecule has 0 radical (unpaired) electrons. The number of carbonyl (C=O) groups is 1. The number of esters is 1. The molecule has 0 saturated carbocycles. The molecule has 4 nitrogen and oxygen atoms in total. The minimum absolute atomic E-state index is 0.157. The number of ether oxygens (including phenoxy) is 1. The van der Waals surface area contributed by atoms with Gasteiger partial charge in [0.1, 0.15) is 11.1 Å². The van der Waals surface area contributed by atoms with E-state index in [2.05, 4.69) is 0 Å². The van der Waals surface area contributed by atoms with Gasteiger partial charge in [-0.15, -0.1) is 0 Å². The van der Waals surface area contributed by atoms with E-state index in [1.807, 2.05) is 0 Å². The number of alkyl halides is 2. The van der Waals surface area contributed by atoms with E-state index in [4.69, 9.17) is 10.5 Å². The van der Waals surface area contributed by atoms with Gasteiger partial charge in [0, 0.05) is 18.5 Å². The molecule has 0 aliphatic carbocycles. The fraction of sp³-hybridized carbons (Fsp3) is 0.923. The predicted molar refractivity (Wildman–Crippen MR) is 64.8 cm³/mol. The second-order valence-electron chi connectivity index (χ2n) is 7.03. The van der Waals surface area contributed by atoms with Gasteiger partial charge < -0.3 is 10.5 Å². The third-order valence-corrected chi connectivity index (χ3v) is 4.41. The lowest BCUT2D eigenvalue weighted by molar-refractivity contribution is -0.160. The van der Waals surface area contributed by atoms with Crippen molar-refractivity contribution in [1.29, 1.82) is 0 Å². The van der Waals surface area contributed by atoms with E-state index in [9.17, 15) is 13.6 Å². The Kier molecular flexibility index (Phi) is 2.42. The molecule has 19 heavy (non-hydrogen) atoms. The van der Waals surface area contributed by atoms with Gasteiger partial charge in [0.25, 0.3) is 5.92 Å². The van der Waals surface area contributed by atoms with Crippen molar-refractivity contribution in [2.75, 3.05) is 0 Å². The van der Waals surface area contributed by atoms with Crippen molar-refractivity contribution < 1.29 is 18.3 Å². The molecular weight excluding hydrogens is 254 g/mol. The highest BCUT2D eigenvalue weighted by molar-refractivity contribution is 5.87. The van der Waals surface area contributed by atoms with Crippen LogP contribution < -0.4 is 5.73 Å². The lowest BCUT2D eigenvalue weighted by Gasteiger charge is -2.31. The molecule has 0 aromatic carbocycles. The summed E-state index contributed by atoms with van der Waals surface area (Å²) in [7, 11) is 0. The van der Waals surface area contributed by atoms with Crippen LogP contribution in [0.4, 0.5) is 8.78 Å². The van der Waals surface area contributed by atoms with Crippen molar-refractivity contribution in [1.82, 2.24) is 4.90 Å². The average Bonchev–Trinajstić information content (AvgIpc) is 2.73. The van der Waals surface area contributed by atoms with Crippen LogP contribution in [0.1, 0.15) is 40.0 Å². The number of hydrogen-bond acceptors (Lipinski definition) is 4. The summed E-state index contributed by atoms with van der Waals surface area (Å²) in [5.74, 6) is -3.35. The average molecular weight is 274 g/mol. The van der Waals surface area contributed by atoms with Crippen LogP contribution in [0.5, 0.6) is 0 Å². The Balaban J connectivity index is 1.88. The fourth-order valence-electron chi connectivity index (χ4n) is 3.75. The van der Waals surface area contributed by atoms with Crippen molar-refractivity contribution in [2.45, 2.75) is 75.2 Å². The largest absolute Gasteiger partial charge is 0.459 e. The zero-order valence-electron chi connectivity index (χ0n) is 11.5. The molecule has 0 spiro atoms. The van der Waals surface area contributed by atoms with Crippen LogP contribution >= 0.6 is 0 Å². The first kappa shape index (κ1) is 13.2. The van der Waals surface area contributed by atoms with Gasteiger partial charge in [-0.1, -0.05) is 0 Å². The molecule has 3 heterocycles. The van der Waals surface area contributed by atoms with Crippen LogP contribution in [0.3, 0.4) is 0 Å². The second-order valence-corrected chi connectivity index (χ2v) is 7.03. The van der Waals surface area contributed by atoms with Gasteiger partial charge in [-0.05, 0) is 33.6 Å². The molecule has 0 amide bonds. The SMILES string of the molecule is CC(C)(C)OC(=O)C12CC(F)(F)C3C[C@H](N)CC1N32. The molecule has 0 aromatic rings. The number of fused-ring (bicyclic) bond motifs is 1. The number of nitrogens with two attached hydrogens (primary N) is 1. The number of carbonyl (C=O) groups excluding carboxylic acids is 1. The maximum Gasteiger partial charge on any atom is 0.328 e. The molecule has 0 aromatic heterocycles.